The van der Waals surface area contributed by atoms with Gasteiger partial charge in [0.1, 0.15) is 5.82 Å². The lowest BCUT2D eigenvalue weighted by atomic mass is 10.0. The molecule has 0 fully saturated rings. The van der Waals surface area contributed by atoms with Gasteiger partial charge in [0.15, 0.2) is 0 Å². The van der Waals surface area contributed by atoms with Crippen LogP contribution in [0, 0.1) is 12.7 Å². The zero-order chi connectivity index (χ0) is 15.4. The zero-order valence-electron chi connectivity index (χ0n) is 12.8. The van der Waals surface area contributed by atoms with E-state index in [-0.39, 0.29) is 11.9 Å². The summed E-state index contributed by atoms with van der Waals surface area (Å²) in [7, 11) is 0. The van der Waals surface area contributed by atoms with Crippen LogP contribution in [0.5, 0.6) is 0 Å². The van der Waals surface area contributed by atoms with Gasteiger partial charge in [0.25, 0.3) is 0 Å². The van der Waals surface area contributed by atoms with Crippen LogP contribution in [0.4, 0.5) is 4.39 Å². The van der Waals surface area contributed by atoms with Crippen molar-refractivity contribution >= 4 is 11.3 Å². The average molecular weight is 306 g/mol. The number of nitrogens with zero attached hydrogens (tertiary/aromatic N) is 1. The maximum absolute atomic E-state index is 13.5. The van der Waals surface area contributed by atoms with E-state index in [9.17, 15) is 4.39 Å². The summed E-state index contributed by atoms with van der Waals surface area (Å²) in [6.45, 7) is 7.53. The van der Waals surface area contributed by atoms with E-state index in [4.69, 9.17) is 5.73 Å². The largest absolute Gasteiger partial charge is 0.329 e. The van der Waals surface area contributed by atoms with Gasteiger partial charge >= 0.3 is 0 Å². The molecule has 0 saturated carbocycles. The molecule has 0 aliphatic rings. The van der Waals surface area contributed by atoms with Crippen molar-refractivity contribution in [2.75, 3.05) is 6.54 Å². The lowest BCUT2D eigenvalue weighted by Gasteiger charge is -2.34. The fourth-order valence-electron chi connectivity index (χ4n) is 2.57. The first-order valence-electron chi connectivity index (χ1n) is 7.27. The van der Waals surface area contributed by atoms with Crippen LogP contribution in [0.2, 0.25) is 0 Å². The number of benzene rings is 1. The summed E-state index contributed by atoms with van der Waals surface area (Å²) in [6, 6.07) is 9.98. The van der Waals surface area contributed by atoms with Gasteiger partial charge in [-0.1, -0.05) is 18.2 Å². The summed E-state index contributed by atoms with van der Waals surface area (Å²) in [4.78, 5) is 3.69. The van der Waals surface area contributed by atoms with Gasteiger partial charge in [0, 0.05) is 30.1 Å². The minimum atomic E-state index is -0.163. The highest BCUT2D eigenvalue weighted by Gasteiger charge is 2.22. The van der Waals surface area contributed by atoms with Crippen molar-refractivity contribution in [1.82, 2.24) is 4.90 Å². The van der Waals surface area contributed by atoms with E-state index in [0.717, 1.165) is 12.1 Å². The molecule has 1 atom stereocenters. The zero-order valence-corrected chi connectivity index (χ0v) is 13.7. The van der Waals surface area contributed by atoms with Crippen LogP contribution < -0.4 is 5.73 Å². The van der Waals surface area contributed by atoms with Crippen molar-refractivity contribution in [3.8, 4) is 0 Å². The van der Waals surface area contributed by atoms with Crippen molar-refractivity contribution in [2.24, 2.45) is 5.73 Å². The van der Waals surface area contributed by atoms with Crippen molar-refractivity contribution in [1.29, 1.82) is 0 Å². The minimum absolute atomic E-state index is 0.103. The molecule has 2 N–H and O–H groups in total. The monoisotopic (exact) mass is 306 g/mol. The molecule has 1 heterocycles. The summed E-state index contributed by atoms with van der Waals surface area (Å²) >= 11 is 1.75. The number of hydrogen-bond acceptors (Lipinski definition) is 3. The van der Waals surface area contributed by atoms with Gasteiger partial charge in [-0.3, -0.25) is 4.90 Å². The van der Waals surface area contributed by atoms with E-state index in [2.05, 4.69) is 36.3 Å². The van der Waals surface area contributed by atoms with Gasteiger partial charge in [-0.25, -0.2) is 4.39 Å². The van der Waals surface area contributed by atoms with Crippen LogP contribution in [-0.2, 0) is 6.54 Å². The van der Waals surface area contributed by atoms with E-state index in [0.29, 0.717) is 18.2 Å². The van der Waals surface area contributed by atoms with Crippen LogP contribution in [-0.4, -0.2) is 17.5 Å². The number of rotatable bonds is 6. The normalized spacial score (nSPS) is 13.1. The number of thiophene rings is 1. The fraction of sp³-hybridized carbons (Fsp3) is 0.412. The third kappa shape index (κ3) is 3.90. The van der Waals surface area contributed by atoms with Crippen molar-refractivity contribution in [2.45, 2.75) is 39.4 Å². The summed E-state index contributed by atoms with van der Waals surface area (Å²) in [6.07, 6.45) is 0. The molecule has 114 valence electrons. The molecule has 0 aliphatic heterocycles. The standard InChI is InChI=1S/C17H23FN2S/c1-12(2)20(11-15-5-4-8-21-15)17(10-19)14-6-7-16(18)13(3)9-14/h4-9,12,17H,10-11,19H2,1-3H3. The molecular weight excluding hydrogens is 283 g/mol. The third-order valence-electron chi connectivity index (χ3n) is 3.77. The van der Waals surface area contributed by atoms with Crippen LogP contribution in [0.15, 0.2) is 35.7 Å². The van der Waals surface area contributed by atoms with Crippen LogP contribution >= 0.6 is 11.3 Å². The van der Waals surface area contributed by atoms with Gasteiger partial charge in [-0.15, -0.1) is 11.3 Å². The van der Waals surface area contributed by atoms with E-state index in [1.165, 1.54) is 10.9 Å². The lowest BCUT2D eigenvalue weighted by molar-refractivity contribution is 0.149. The molecule has 1 aromatic heterocycles. The molecule has 0 saturated heterocycles. The summed E-state index contributed by atoms with van der Waals surface area (Å²) < 4.78 is 13.5. The highest BCUT2D eigenvalue weighted by Crippen LogP contribution is 2.27. The number of nitrogens with two attached hydrogens (primary N) is 1. The van der Waals surface area contributed by atoms with Crippen LogP contribution in [0.3, 0.4) is 0 Å². The Morgan fingerprint density at radius 1 is 1.29 bits per heavy atom. The molecule has 2 aromatic rings. The summed E-state index contributed by atoms with van der Waals surface area (Å²) in [5, 5.41) is 2.09. The number of halogens is 1. The van der Waals surface area contributed by atoms with Crippen molar-refractivity contribution in [3.05, 3.63) is 57.5 Å². The predicted octanol–water partition coefficient (Wildman–Crippen LogP) is 4.11. The van der Waals surface area contributed by atoms with Gasteiger partial charge in [0.05, 0.1) is 0 Å². The Bertz CT molecular complexity index is 566. The maximum Gasteiger partial charge on any atom is 0.126 e. The van der Waals surface area contributed by atoms with E-state index in [1.54, 1.807) is 18.3 Å². The van der Waals surface area contributed by atoms with Gasteiger partial charge in [-0.05, 0) is 49.4 Å². The van der Waals surface area contributed by atoms with Gasteiger partial charge in [-0.2, -0.15) is 0 Å². The van der Waals surface area contributed by atoms with E-state index < -0.39 is 0 Å². The molecule has 1 unspecified atom stereocenters. The quantitative estimate of drug-likeness (QED) is 0.870. The van der Waals surface area contributed by atoms with E-state index in [1.807, 2.05) is 12.1 Å². The molecule has 1 aromatic carbocycles. The first kappa shape index (κ1) is 16.1. The molecule has 0 spiro atoms. The Balaban J connectivity index is 2.28. The number of hydrogen-bond donors (Lipinski definition) is 1. The second-order valence-corrected chi connectivity index (χ2v) is 6.64. The third-order valence-corrected chi connectivity index (χ3v) is 4.63. The Kier molecular flexibility index (Phi) is 5.51. The number of aryl methyl sites for hydroxylation is 1. The molecule has 21 heavy (non-hydrogen) atoms. The maximum atomic E-state index is 13.5. The molecule has 2 rings (SSSR count). The molecule has 0 amide bonds. The second kappa shape index (κ2) is 7.16. The first-order chi connectivity index (χ1) is 10.0. The van der Waals surface area contributed by atoms with Gasteiger partial charge in [0.2, 0.25) is 0 Å². The first-order valence-corrected chi connectivity index (χ1v) is 8.15. The van der Waals surface area contributed by atoms with Crippen molar-refractivity contribution < 1.29 is 4.39 Å². The van der Waals surface area contributed by atoms with Gasteiger partial charge < -0.3 is 5.73 Å². The topological polar surface area (TPSA) is 29.3 Å². The highest BCUT2D eigenvalue weighted by molar-refractivity contribution is 7.09. The predicted molar refractivity (Wildman–Crippen MR) is 87.9 cm³/mol. The second-order valence-electron chi connectivity index (χ2n) is 5.61. The Labute approximate surface area is 130 Å². The molecule has 0 aliphatic carbocycles. The van der Waals surface area contributed by atoms with Crippen LogP contribution in [0.25, 0.3) is 0 Å². The highest BCUT2D eigenvalue weighted by atomic mass is 32.1. The molecule has 4 heteroatoms. The van der Waals surface area contributed by atoms with E-state index >= 15 is 0 Å². The summed E-state index contributed by atoms with van der Waals surface area (Å²) in [5.41, 5.74) is 7.79. The minimum Gasteiger partial charge on any atom is -0.329 e. The molecule has 2 nitrogen and oxygen atoms in total. The Morgan fingerprint density at radius 3 is 2.57 bits per heavy atom. The Morgan fingerprint density at radius 2 is 2.05 bits per heavy atom. The summed E-state index contributed by atoms with van der Waals surface area (Å²) in [5.74, 6) is -0.163. The SMILES string of the molecule is Cc1cc(C(CN)N(Cc2cccs2)C(C)C)ccc1F. The molecular formula is C17H23FN2S. The fourth-order valence-corrected chi connectivity index (χ4v) is 3.29. The van der Waals surface area contributed by atoms with Crippen molar-refractivity contribution in [3.63, 3.8) is 0 Å². The van der Waals surface area contributed by atoms with Crippen LogP contribution in [0.1, 0.15) is 35.9 Å². The average Bonchev–Trinajstić information content (AvgIpc) is 2.95. The molecule has 0 bridgehead atoms. The Hall–Kier alpha value is -1.23. The smallest absolute Gasteiger partial charge is 0.126 e. The molecule has 0 radical (unpaired) electrons. The lowest BCUT2D eigenvalue weighted by Crippen LogP contribution is -2.38.